The number of hydrogen-bond acceptors (Lipinski definition) is 8. The maximum atomic E-state index is 13.0. The molecule has 2 fully saturated rings. The van der Waals surface area contributed by atoms with Gasteiger partial charge >= 0.3 is 6.03 Å². The van der Waals surface area contributed by atoms with Gasteiger partial charge in [0.05, 0.1) is 18.6 Å². The summed E-state index contributed by atoms with van der Waals surface area (Å²) >= 11 is 0. The van der Waals surface area contributed by atoms with Crippen molar-refractivity contribution in [3.8, 4) is 11.4 Å². The Morgan fingerprint density at radius 3 is 2.24 bits per heavy atom. The molecule has 0 saturated carbocycles. The van der Waals surface area contributed by atoms with E-state index >= 15 is 0 Å². The molecule has 2 N–H and O–H groups in total. The lowest BCUT2D eigenvalue weighted by molar-refractivity contribution is 0.0572. The third-order valence-corrected chi connectivity index (χ3v) is 8.73. The number of hydrogen-bond donors (Lipinski definition) is 2. The second kappa shape index (κ2) is 13.9. The number of aromatic nitrogens is 3. The molecule has 46 heavy (non-hydrogen) atoms. The van der Waals surface area contributed by atoms with Gasteiger partial charge in [-0.1, -0.05) is 0 Å². The van der Waals surface area contributed by atoms with Crippen molar-refractivity contribution < 1.29 is 14.3 Å². The van der Waals surface area contributed by atoms with Gasteiger partial charge in [-0.2, -0.15) is 0 Å². The Bertz CT molecular complexity index is 1660. The summed E-state index contributed by atoms with van der Waals surface area (Å²) in [6.07, 6.45) is 2.08. The van der Waals surface area contributed by atoms with E-state index in [2.05, 4.69) is 70.2 Å². The van der Waals surface area contributed by atoms with E-state index in [0.717, 1.165) is 55.1 Å². The molecule has 2 aliphatic rings. The number of benzene rings is 2. The van der Waals surface area contributed by atoms with Crippen LogP contribution in [-0.2, 0) is 11.3 Å². The highest BCUT2D eigenvalue weighted by Gasteiger charge is 2.25. The normalized spacial score (nSPS) is 17.5. The first kappa shape index (κ1) is 31.5. The highest BCUT2D eigenvalue weighted by atomic mass is 16.5. The molecule has 2 aromatic heterocycles. The zero-order chi connectivity index (χ0) is 32.2. The number of anilines is 3. The van der Waals surface area contributed by atoms with Crippen LogP contribution in [0.1, 0.15) is 17.3 Å². The molecule has 3 amide bonds. The summed E-state index contributed by atoms with van der Waals surface area (Å²) in [6, 6.07) is 16.6. The topological polar surface area (TPSA) is 111 Å². The zero-order valence-corrected chi connectivity index (χ0v) is 27.1. The van der Waals surface area contributed by atoms with E-state index in [-0.39, 0.29) is 11.9 Å². The molecule has 0 radical (unpaired) electrons. The number of urea groups is 1. The molecular weight excluding hydrogens is 582 g/mol. The second-order valence-electron chi connectivity index (χ2n) is 12.3. The molecule has 242 valence electrons. The predicted octanol–water partition coefficient (Wildman–Crippen LogP) is 3.92. The molecule has 0 unspecified atom stereocenters. The van der Waals surface area contributed by atoms with Crippen molar-refractivity contribution in [3.63, 3.8) is 0 Å². The van der Waals surface area contributed by atoms with Crippen LogP contribution in [0, 0.1) is 0 Å². The molecule has 4 aromatic rings. The van der Waals surface area contributed by atoms with Gasteiger partial charge < -0.3 is 39.5 Å². The number of carbonyl (C=O) groups is 2. The van der Waals surface area contributed by atoms with Gasteiger partial charge in [0.25, 0.3) is 5.91 Å². The van der Waals surface area contributed by atoms with Crippen molar-refractivity contribution in [1.29, 1.82) is 0 Å². The van der Waals surface area contributed by atoms with Crippen molar-refractivity contribution >= 4 is 40.2 Å². The fourth-order valence-corrected chi connectivity index (χ4v) is 5.79. The summed E-state index contributed by atoms with van der Waals surface area (Å²) in [5.41, 5.74) is 3.62. The number of morpholine rings is 1. The number of nitrogens with zero attached hydrogens (tertiary/aromatic N) is 7. The third-order valence-electron chi connectivity index (χ3n) is 8.73. The van der Waals surface area contributed by atoms with E-state index in [1.807, 2.05) is 29.2 Å². The molecule has 2 aliphatic heterocycles. The minimum absolute atomic E-state index is 0.0120. The van der Waals surface area contributed by atoms with Gasteiger partial charge in [-0.25, -0.2) is 14.8 Å². The Balaban J connectivity index is 1.13. The van der Waals surface area contributed by atoms with Crippen LogP contribution in [-0.4, -0.2) is 121 Å². The summed E-state index contributed by atoms with van der Waals surface area (Å²) in [5, 5.41) is 6.78. The molecule has 0 aliphatic carbocycles. The Morgan fingerprint density at radius 2 is 1.59 bits per heavy atom. The van der Waals surface area contributed by atoms with Crippen molar-refractivity contribution in [3.05, 3.63) is 66.4 Å². The van der Waals surface area contributed by atoms with Crippen LogP contribution >= 0.6 is 0 Å². The van der Waals surface area contributed by atoms with E-state index in [0.29, 0.717) is 55.1 Å². The van der Waals surface area contributed by atoms with E-state index < -0.39 is 0 Å². The van der Waals surface area contributed by atoms with E-state index in [4.69, 9.17) is 14.7 Å². The summed E-state index contributed by atoms with van der Waals surface area (Å²) in [6.45, 7) is 9.01. The molecule has 2 aromatic carbocycles. The Morgan fingerprint density at radius 1 is 0.913 bits per heavy atom. The monoisotopic (exact) mass is 625 g/mol. The highest BCUT2D eigenvalue weighted by Crippen LogP contribution is 2.30. The molecule has 0 spiro atoms. The number of amides is 3. The Kier molecular flexibility index (Phi) is 9.48. The number of piperazine rings is 1. The first-order valence-corrected chi connectivity index (χ1v) is 15.9. The largest absolute Gasteiger partial charge is 0.378 e. The van der Waals surface area contributed by atoms with Crippen LogP contribution in [0.25, 0.3) is 22.4 Å². The average Bonchev–Trinajstić information content (AvgIpc) is 3.48. The van der Waals surface area contributed by atoms with Crippen LogP contribution in [0.5, 0.6) is 0 Å². The molecule has 12 heteroatoms. The van der Waals surface area contributed by atoms with Gasteiger partial charge in [0.2, 0.25) is 0 Å². The Hall–Kier alpha value is -4.52. The summed E-state index contributed by atoms with van der Waals surface area (Å²) in [5.74, 6) is 1.56. The number of carbonyl (C=O) groups excluding carboxylic acids is 2. The van der Waals surface area contributed by atoms with Crippen molar-refractivity contribution in [1.82, 2.24) is 29.2 Å². The fraction of sp³-hybridized carbons (Fsp3) is 0.412. The Labute approximate surface area is 269 Å². The SMILES string of the molecule is C[C@H]1CN(C(=O)c2ccc(NC(=O)Nc3ccc(-c4nc(N5CCOCC5)c5ccn(CCN(C)C)c5n4)cc3)cc2)CCN1C. The molecule has 2 saturated heterocycles. The molecule has 12 nitrogen and oxygen atoms in total. The fourth-order valence-electron chi connectivity index (χ4n) is 5.79. The number of fused-ring (bicyclic) bond motifs is 1. The van der Waals surface area contributed by atoms with Gasteiger partial charge in [0.15, 0.2) is 5.82 Å². The van der Waals surface area contributed by atoms with Gasteiger partial charge in [-0.15, -0.1) is 0 Å². The van der Waals surface area contributed by atoms with Crippen molar-refractivity contribution in [2.75, 3.05) is 89.2 Å². The van der Waals surface area contributed by atoms with Gasteiger partial charge in [-0.3, -0.25) is 4.79 Å². The lowest BCUT2D eigenvalue weighted by atomic mass is 10.1. The molecule has 0 bridgehead atoms. The van der Waals surface area contributed by atoms with E-state index in [1.165, 1.54) is 0 Å². The maximum absolute atomic E-state index is 13.0. The number of likely N-dealkylation sites (N-methyl/N-ethyl adjacent to an activating group) is 2. The minimum atomic E-state index is -0.370. The molecule has 6 rings (SSSR count). The second-order valence-corrected chi connectivity index (χ2v) is 12.3. The zero-order valence-electron chi connectivity index (χ0n) is 27.1. The van der Waals surface area contributed by atoms with Gasteiger partial charge in [0.1, 0.15) is 11.5 Å². The summed E-state index contributed by atoms with van der Waals surface area (Å²) < 4.78 is 7.77. The number of rotatable bonds is 8. The molecular formula is C34H43N9O3. The van der Waals surface area contributed by atoms with Crippen LogP contribution < -0.4 is 15.5 Å². The standard InChI is InChI=1S/C34H43N9O3/c1-24-23-43(18-16-40(24)4)33(44)26-7-11-28(12-8-26)36-34(45)35-27-9-5-25(6-10-27)30-37-31-29(13-14-41(31)17-15-39(2)3)32(38-30)42-19-21-46-22-20-42/h5-14,24H,15-23H2,1-4H3,(H2,35,36,45)/t24-/m0/s1. The number of nitrogens with one attached hydrogen (secondary N) is 2. The summed E-state index contributed by atoms with van der Waals surface area (Å²) in [4.78, 5) is 44.3. The number of ether oxygens (including phenoxy) is 1. The third kappa shape index (κ3) is 7.14. The average molecular weight is 626 g/mol. The van der Waals surface area contributed by atoms with Gasteiger partial charge in [-0.05, 0) is 82.7 Å². The van der Waals surface area contributed by atoms with Gasteiger partial charge in [0, 0.05) is 80.6 Å². The lowest BCUT2D eigenvalue weighted by Gasteiger charge is -2.37. The lowest BCUT2D eigenvalue weighted by Crippen LogP contribution is -2.52. The van der Waals surface area contributed by atoms with Crippen LogP contribution in [0.2, 0.25) is 0 Å². The maximum Gasteiger partial charge on any atom is 0.323 e. The summed E-state index contributed by atoms with van der Waals surface area (Å²) in [7, 11) is 6.21. The van der Waals surface area contributed by atoms with E-state index in [9.17, 15) is 9.59 Å². The molecule has 1 atom stereocenters. The van der Waals surface area contributed by atoms with E-state index in [1.54, 1.807) is 24.3 Å². The first-order valence-electron chi connectivity index (χ1n) is 15.9. The minimum Gasteiger partial charge on any atom is -0.378 e. The smallest absolute Gasteiger partial charge is 0.323 e. The first-order chi connectivity index (χ1) is 22.2. The van der Waals surface area contributed by atoms with Crippen LogP contribution in [0.15, 0.2) is 60.8 Å². The van der Waals surface area contributed by atoms with Crippen LogP contribution in [0.3, 0.4) is 0 Å². The van der Waals surface area contributed by atoms with Crippen molar-refractivity contribution in [2.24, 2.45) is 0 Å². The quantitative estimate of drug-likeness (QED) is 0.303. The molecule has 4 heterocycles. The van der Waals surface area contributed by atoms with Crippen molar-refractivity contribution in [2.45, 2.75) is 19.5 Å². The predicted molar refractivity (Wildman–Crippen MR) is 182 cm³/mol. The van der Waals surface area contributed by atoms with Crippen LogP contribution in [0.4, 0.5) is 22.0 Å². The highest BCUT2D eigenvalue weighted by molar-refractivity contribution is 6.00.